The molecule has 0 aliphatic rings. The molecule has 1 atom stereocenters. The molecule has 0 fully saturated rings. The molecule has 0 radical (unpaired) electrons. The summed E-state index contributed by atoms with van der Waals surface area (Å²) in [5.74, 6) is -0.498. The predicted octanol–water partition coefficient (Wildman–Crippen LogP) is 5.24. The molecule has 0 N–H and O–H groups in total. The van der Waals surface area contributed by atoms with Gasteiger partial charge in [-0.15, -0.1) is 0 Å². The number of halogens is 4. The van der Waals surface area contributed by atoms with E-state index in [0.717, 1.165) is 6.07 Å². The zero-order valence-corrected chi connectivity index (χ0v) is 16.8. The monoisotopic (exact) mass is 425 g/mol. The number of rotatable bonds is 7. The van der Waals surface area contributed by atoms with E-state index in [1.165, 1.54) is 28.8 Å². The van der Waals surface area contributed by atoms with Gasteiger partial charge >= 0.3 is 6.61 Å². The van der Waals surface area contributed by atoms with Crippen molar-refractivity contribution in [1.82, 2.24) is 14.5 Å². The topological polar surface area (TPSA) is 47.4 Å². The molecule has 3 rings (SSSR count). The fraction of sp³-hybridized carbons (Fsp3) is 0.300. The van der Waals surface area contributed by atoms with Crippen LogP contribution >= 0.6 is 11.6 Å². The average molecular weight is 426 g/mol. The second kappa shape index (κ2) is 8.42. The van der Waals surface area contributed by atoms with Crippen molar-refractivity contribution in [3.8, 4) is 11.4 Å². The molecular weight excluding hydrogens is 407 g/mol. The molecular formula is C20H19ClF3N3O2. The number of fused-ring (bicyclic) bond motifs is 1. The standard InChI is InChI=1S/C20H19ClF3N3O2/c1-4-14(26(2)3)19-25-17-13(22)8-12(21)9-15(17)27(19)18-11(10-28)6-5-7-16(18)29-20(23)24/h5-10,14,20H,4H2,1-3H3. The summed E-state index contributed by atoms with van der Waals surface area (Å²) in [6.45, 7) is -1.19. The minimum absolute atomic E-state index is 0.0217. The highest BCUT2D eigenvalue weighted by atomic mass is 35.5. The summed E-state index contributed by atoms with van der Waals surface area (Å²) < 4.78 is 46.9. The Hall–Kier alpha value is -2.58. The van der Waals surface area contributed by atoms with E-state index in [9.17, 15) is 18.0 Å². The van der Waals surface area contributed by atoms with E-state index in [1.807, 2.05) is 25.9 Å². The highest BCUT2D eigenvalue weighted by molar-refractivity contribution is 6.31. The fourth-order valence-corrected chi connectivity index (χ4v) is 3.62. The van der Waals surface area contributed by atoms with Crippen molar-refractivity contribution in [3.63, 3.8) is 0 Å². The Balaban J connectivity index is 2.47. The molecule has 3 aromatic rings. The summed E-state index contributed by atoms with van der Waals surface area (Å²) in [5.41, 5.74) is 0.423. The third kappa shape index (κ3) is 3.95. The summed E-state index contributed by atoms with van der Waals surface area (Å²) in [6.07, 6.45) is 1.13. The Bertz CT molecular complexity index is 1050. The van der Waals surface area contributed by atoms with Crippen molar-refractivity contribution < 1.29 is 22.7 Å². The molecule has 154 valence electrons. The zero-order valence-electron chi connectivity index (χ0n) is 16.0. The number of aldehydes is 1. The lowest BCUT2D eigenvalue weighted by atomic mass is 10.1. The van der Waals surface area contributed by atoms with E-state index in [-0.39, 0.29) is 39.1 Å². The molecule has 0 amide bonds. The molecule has 0 aliphatic carbocycles. The van der Waals surface area contributed by atoms with Crippen molar-refractivity contribution in [2.24, 2.45) is 0 Å². The van der Waals surface area contributed by atoms with E-state index in [1.54, 1.807) is 0 Å². The van der Waals surface area contributed by atoms with Crippen LogP contribution in [-0.4, -0.2) is 41.4 Å². The minimum Gasteiger partial charge on any atom is -0.433 e. The fourth-order valence-electron chi connectivity index (χ4n) is 3.42. The SMILES string of the molecule is CCC(c1nc2c(F)cc(Cl)cc2n1-c1c(C=O)cccc1OC(F)F)N(C)C. The zero-order chi connectivity index (χ0) is 21.3. The first kappa shape index (κ1) is 21.1. The quantitative estimate of drug-likeness (QED) is 0.485. The van der Waals surface area contributed by atoms with E-state index >= 15 is 0 Å². The minimum atomic E-state index is -3.11. The molecule has 2 aromatic carbocycles. The molecule has 0 saturated carbocycles. The highest BCUT2D eigenvalue weighted by Gasteiger charge is 2.27. The Morgan fingerprint density at radius 3 is 2.62 bits per heavy atom. The molecule has 0 bridgehead atoms. The van der Waals surface area contributed by atoms with Crippen molar-refractivity contribution in [2.75, 3.05) is 14.1 Å². The van der Waals surface area contributed by atoms with Gasteiger partial charge in [-0.25, -0.2) is 9.37 Å². The summed E-state index contributed by atoms with van der Waals surface area (Å²) >= 11 is 6.05. The van der Waals surface area contributed by atoms with Crippen LogP contribution in [0.25, 0.3) is 16.7 Å². The first-order valence-corrected chi connectivity index (χ1v) is 9.23. The molecule has 5 nitrogen and oxygen atoms in total. The summed E-state index contributed by atoms with van der Waals surface area (Å²) in [7, 11) is 3.65. The van der Waals surface area contributed by atoms with Crippen LogP contribution in [0.15, 0.2) is 30.3 Å². The van der Waals surface area contributed by atoms with Gasteiger partial charge in [0.1, 0.15) is 17.0 Å². The van der Waals surface area contributed by atoms with Gasteiger partial charge < -0.3 is 4.74 Å². The Morgan fingerprint density at radius 1 is 1.31 bits per heavy atom. The van der Waals surface area contributed by atoms with Crippen LogP contribution in [0.4, 0.5) is 13.2 Å². The molecule has 0 aliphatic heterocycles. The van der Waals surface area contributed by atoms with E-state index in [2.05, 4.69) is 9.72 Å². The molecule has 9 heteroatoms. The van der Waals surface area contributed by atoms with Gasteiger partial charge in [0.25, 0.3) is 0 Å². The summed E-state index contributed by atoms with van der Waals surface area (Å²) in [5, 5.41) is 0.112. The van der Waals surface area contributed by atoms with Gasteiger partial charge in [-0.2, -0.15) is 8.78 Å². The summed E-state index contributed by atoms with van der Waals surface area (Å²) in [4.78, 5) is 18.0. The number of ether oxygens (including phenoxy) is 1. The second-order valence-corrected chi connectivity index (χ2v) is 7.08. The van der Waals surface area contributed by atoms with Crippen LogP contribution in [-0.2, 0) is 0 Å². The number of nitrogens with zero attached hydrogens (tertiary/aromatic N) is 3. The molecule has 0 saturated heterocycles. The normalized spacial score (nSPS) is 12.7. The van der Waals surface area contributed by atoms with Gasteiger partial charge in [0.15, 0.2) is 17.9 Å². The lowest BCUT2D eigenvalue weighted by molar-refractivity contribution is -0.0498. The maximum Gasteiger partial charge on any atom is 0.387 e. The van der Waals surface area contributed by atoms with E-state index in [4.69, 9.17) is 11.6 Å². The first-order chi connectivity index (χ1) is 13.8. The highest BCUT2D eigenvalue weighted by Crippen LogP contribution is 2.37. The Kier molecular flexibility index (Phi) is 6.14. The van der Waals surface area contributed by atoms with Gasteiger partial charge in [0.05, 0.1) is 11.6 Å². The van der Waals surface area contributed by atoms with Crippen molar-refractivity contribution in [1.29, 1.82) is 0 Å². The van der Waals surface area contributed by atoms with Gasteiger partial charge in [-0.1, -0.05) is 24.6 Å². The number of carbonyl (C=O) groups is 1. The number of imidazole rings is 1. The number of carbonyl (C=O) groups excluding carboxylic acids is 1. The van der Waals surface area contributed by atoms with Crippen LogP contribution in [0.3, 0.4) is 0 Å². The molecule has 1 heterocycles. The van der Waals surface area contributed by atoms with Gasteiger partial charge in [0, 0.05) is 10.6 Å². The van der Waals surface area contributed by atoms with E-state index < -0.39 is 12.4 Å². The van der Waals surface area contributed by atoms with Crippen LogP contribution in [0, 0.1) is 5.82 Å². The third-order valence-corrected chi connectivity index (χ3v) is 4.83. The van der Waals surface area contributed by atoms with Crippen LogP contribution < -0.4 is 4.74 Å². The van der Waals surface area contributed by atoms with Gasteiger partial charge in [-0.05, 0) is 44.8 Å². The number of hydrogen-bond acceptors (Lipinski definition) is 4. The predicted molar refractivity (Wildman–Crippen MR) is 105 cm³/mol. The first-order valence-electron chi connectivity index (χ1n) is 8.85. The van der Waals surface area contributed by atoms with Gasteiger partial charge in [0.2, 0.25) is 0 Å². The van der Waals surface area contributed by atoms with Crippen LogP contribution in [0.1, 0.15) is 35.6 Å². The van der Waals surface area contributed by atoms with Gasteiger partial charge in [-0.3, -0.25) is 14.3 Å². The van der Waals surface area contributed by atoms with Crippen molar-refractivity contribution in [3.05, 3.63) is 52.6 Å². The smallest absolute Gasteiger partial charge is 0.387 e. The second-order valence-electron chi connectivity index (χ2n) is 6.64. The summed E-state index contributed by atoms with van der Waals surface area (Å²) in [6, 6.07) is 6.53. The van der Waals surface area contributed by atoms with Crippen molar-refractivity contribution >= 4 is 28.9 Å². The van der Waals surface area contributed by atoms with Crippen molar-refractivity contribution in [2.45, 2.75) is 26.0 Å². The Labute approximate surface area is 170 Å². The maximum absolute atomic E-state index is 14.6. The number of para-hydroxylation sites is 1. The number of hydrogen-bond donors (Lipinski definition) is 0. The number of aromatic nitrogens is 2. The Morgan fingerprint density at radius 2 is 2.03 bits per heavy atom. The number of alkyl halides is 2. The van der Waals surface area contributed by atoms with E-state index in [0.29, 0.717) is 18.5 Å². The lowest BCUT2D eigenvalue weighted by Gasteiger charge is -2.25. The largest absolute Gasteiger partial charge is 0.433 e. The maximum atomic E-state index is 14.6. The van der Waals surface area contributed by atoms with Crippen LogP contribution in [0.5, 0.6) is 5.75 Å². The average Bonchev–Trinajstić information content (AvgIpc) is 3.00. The lowest BCUT2D eigenvalue weighted by Crippen LogP contribution is -2.23. The molecule has 29 heavy (non-hydrogen) atoms. The molecule has 1 aromatic heterocycles. The van der Waals surface area contributed by atoms with Crippen LogP contribution in [0.2, 0.25) is 5.02 Å². The third-order valence-electron chi connectivity index (χ3n) is 4.61. The molecule has 0 spiro atoms. The number of benzene rings is 2. The molecule has 1 unspecified atom stereocenters.